The first-order valence-corrected chi connectivity index (χ1v) is 7.17. The van der Waals surface area contributed by atoms with Crippen LogP contribution in [-0.2, 0) is 4.79 Å². The van der Waals surface area contributed by atoms with Crippen LogP contribution >= 0.6 is 0 Å². The van der Waals surface area contributed by atoms with Crippen LogP contribution < -0.4 is 5.32 Å². The Morgan fingerprint density at radius 3 is 2.62 bits per heavy atom. The summed E-state index contributed by atoms with van der Waals surface area (Å²) in [4.78, 5) is 21.8. The average molecular weight is 292 g/mol. The van der Waals surface area contributed by atoms with E-state index in [0.717, 1.165) is 32.1 Å². The van der Waals surface area contributed by atoms with Gasteiger partial charge in [0.1, 0.15) is 0 Å². The molecule has 0 radical (unpaired) electrons. The second-order valence-electron chi connectivity index (χ2n) is 5.74. The van der Waals surface area contributed by atoms with Crippen molar-refractivity contribution in [3.8, 4) is 0 Å². The first-order chi connectivity index (χ1) is 9.93. The molecule has 2 N–H and O–H groups in total. The Bertz CT molecular complexity index is 551. The van der Waals surface area contributed by atoms with Crippen molar-refractivity contribution in [2.24, 2.45) is 0 Å². The Balaban J connectivity index is 2.30. The van der Waals surface area contributed by atoms with Gasteiger partial charge in [-0.05, 0) is 25.8 Å². The van der Waals surface area contributed by atoms with E-state index >= 15 is 0 Å². The highest BCUT2D eigenvalue weighted by atomic mass is 16.6. The fourth-order valence-corrected chi connectivity index (χ4v) is 3.11. The van der Waals surface area contributed by atoms with Crippen LogP contribution in [0.15, 0.2) is 18.2 Å². The fourth-order valence-electron chi connectivity index (χ4n) is 3.11. The first-order valence-electron chi connectivity index (χ1n) is 7.17. The molecule has 1 fully saturated rings. The van der Waals surface area contributed by atoms with Gasteiger partial charge in [0.25, 0.3) is 5.69 Å². The Labute approximate surface area is 123 Å². The third-order valence-electron chi connectivity index (χ3n) is 4.20. The lowest BCUT2D eigenvalue weighted by Gasteiger charge is -2.38. The van der Waals surface area contributed by atoms with Gasteiger partial charge in [0.05, 0.1) is 11.3 Å². The van der Waals surface area contributed by atoms with Gasteiger partial charge in [-0.1, -0.05) is 25.3 Å². The number of aliphatic carboxylic acids is 1. The molecule has 0 spiro atoms. The molecule has 0 unspecified atom stereocenters. The van der Waals surface area contributed by atoms with Crippen LogP contribution in [0, 0.1) is 17.0 Å². The van der Waals surface area contributed by atoms with Gasteiger partial charge in [-0.25, -0.2) is 0 Å². The molecule has 2 rings (SSSR count). The van der Waals surface area contributed by atoms with Crippen molar-refractivity contribution in [1.82, 2.24) is 0 Å². The van der Waals surface area contributed by atoms with Crippen molar-refractivity contribution < 1.29 is 14.8 Å². The van der Waals surface area contributed by atoms with Crippen molar-refractivity contribution in [1.29, 1.82) is 0 Å². The Kier molecular flexibility index (Phi) is 4.45. The maximum absolute atomic E-state index is 11.2. The molecule has 114 valence electrons. The minimum atomic E-state index is -0.840. The molecule has 1 aromatic carbocycles. The van der Waals surface area contributed by atoms with Crippen molar-refractivity contribution >= 4 is 17.3 Å². The van der Waals surface area contributed by atoms with Gasteiger partial charge < -0.3 is 10.4 Å². The largest absolute Gasteiger partial charge is 0.481 e. The highest BCUT2D eigenvalue weighted by Gasteiger charge is 2.35. The highest BCUT2D eigenvalue weighted by molar-refractivity contribution is 5.70. The number of nitrogens with zero attached hydrogens (tertiary/aromatic N) is 1. The lowest BCUT2D eigenvalue weighted by atomic mass is 9.79. The van der Waals surface area contributed by atoms with Gasteiger partial charge in [0.2, 0.25) is 0 Å². The van der Waals surface area contributed by atoms with Crippen LogP contribution in [-0.4, -0.2) is 21.5 Å². The molecule has 0 aliphatic heterocycles. The van der Waals surface area contributed by atoms with E-state index in [-0.39, 0.29) is 12.1 Å². The summed E-state index contributed by atoms with van der Waals surface area (Å²) in [5.41, 5.74) is 0.774. The standard InChI is InChI=1S/C15H20N2O4/c1-11-12(6-5-7-13(11)17(20)21)16-15(10-14(18)19)8-3-2-4-9-15/h5-7,16H,2-4,8-10H2,1H3,(H,18,19). The number of hydrogen-bond acceptors (Lipinski definition) is 4. The van der Waals surface area contributed by atoms with Crippen molar-refractivity contribution in [2.75, 3.05) is 5.32 Å². The molecule has 0 saturated heterocycles. The molecule has 0 aromatic heterocycles. The van der Waals surface area contributed by atoms with Crippen LogP contribution in [0.25, 0.3) is 0 Å². The zero-order valence-electron chi connectivity index (χ0n) is 12.1. The quantitative estimate of drug-likeness (QED) is 0.640. The van der Waals surface area contributed by atoms with E-state index < -0.39 is 16.4 Å². The van der Waals surface area contributed by atoms with E-state index in [0.29, 0.717) is 11.3 Å². The minimum Gasteiger partial charge on any atom is -0.481 e. The van der Waals surface area contributed by atoms with E-state index in [1.54, 1.807) is 19.1 Å². The summed E-state index contributed by atoms with van der Waals surface area (Å²) in [5.74, 6) is -0.840. The summed E-state index contributed by atoms with van der Waals surface area (Å²) in [6.07, 6.45) is 4.66. The lowest BCUT2D eigenvalue weighted by Crippen LogP contribution is -2.42. The second-order valence-corrected chi connectivity index (χ2v) is 5.74. The maximum Gasteiger partial charge on any atom is 0.305 e. The summed E-state index contributed by atoms with van der Waals surface area (Å²) >= 11 is 0. The normalized spacial score (nSPS) is 17.2. The smallest absolute Gasteiger partial charge is 0.305 e. The molecular weight excluding hydrogens is 272 g/mol. The number of nitro benzene ring substituents is 1. The third kappa shape index (κ3) is 3.51. The van der Waals surface area contributed by atoms with E-state index in [1.807, 2.05) is 0 Å². The number of anilines is 1. The zero-order chi connectivity index (χ0) is 15.5. The second kappa shape index (κ2) is 6.11. The number of rotatable bonds is 5. The molecule has 6 heteroatoms. The van der Waals surface area contributed by atoms with Crippen LogP contribution in [0.3, 0.4) is 0 Å². The van der Waals surface area contributed by atoms with Crippen LogP contribution in [0.5, 0.6) is 0 Å². The van der Waals surface area contributed by atoms with Gasteiger partial charge >= 0.3 is 5.97 Å². The van der Waals surface area contributed by atoms with Crippen molar-refractivity contribution in [2.45, 2.75) is 51.0 Å². The number of nitrogens with one attached hydrogen (secondary N) is 1. The van der Waals surface area contributed by atoms with E-state index in [9.17, 15) is 20.0 Å². The Morgan fingerprint density at radius 2 is 2.05 bits per heavy atom. The lowest BCUT2D eigenvalue weighted by molar-refractivity contribution is -0.385. The van der Waals surface area contributed by atoms with Gasteiger partial charge in [0.15, 0.2) is 0 Å². The van der Waals surface area contributed by atoms with E-state index in [2.05, 4.69) is 5.32 Å². The molecule has 0 amide bonds. The van der Waals surface area contributed by atoms with Crippen LogP contribution in [0.2, 0.25) is 0 Å². The molecule has 0 atom stereocenters. The molecule has 0 bridgehead atoms. The van der Waals surface area contributed by atoms with Crippen LogP contribution in [0.4, 0.5) is 11.4 Å². The maximum atomic E-state index is 11.2. The van der Waals surface area contributed by atoms with Crippen LogP contribution in [0.1, 0.15) is 44.1 Å². The molecule has 1 aliphatic rings. The molecular formula is C15H20N2O4. The predicted octanol–water partition coefficient (Wildman–Crippen LogP) is 3.49. The minimum absolute atomic E-state index is 0.0368. The average Bonchev–Trinajstić information content (AvgIpc) is 2.41. The molecule has 1 saturated carbocycles. The summed E-state index contributed by atoms with van der Waals surface area (Å²) in [7, 11) is 0. The number of carboxylic acid groups (broad SMARTS) is 1. The van der Waals surface area contributed by atoms with Gasteiger partial charge in [-0.2, -0.15) is 0 Å². The summed E-state index contributed by atoms with van der Waals surface area (Å²) < 4.78 is 0. The number of nitro groups is 1. The van der Waals surface area contributed by atoms with E-state index in [1.165, 1.54) is 6.07 Å². The molecule has 6 nitrogen and oxygen atoms in total. The van der Waals surface area contributed by atoms with Crippen molar-refractivity contribution in [3.05, 3.63) is 33.9 Å². The monoisotopic (exact) mass is 292 g/mol. The van der Waals surface area contributed by atoms with Gasteiger partial charge in [-0.3, -0.25) is 14.9 Å². The third-order valence-corrected chi connectivity index (χ3v) is 4.20. The summed E-state index contributed by atoms with van der Waals surface area (Å²) in [6.45, 7) is 1.69. The first kappa shape index (κ1) is 15.3. The molecule has 1 aromatic rings. The van der Waals surface area contributed by atoms with Gasteiger partial charge in [-0.15, -0.1) is 0 Å². The predicted molar refractivity (Wildman–Crippen MR) is 79.5 cm³/mol. The number of carboxylic acids is 1. The fraction of sp³-hybridized carbons (Fsp3) is 0.533. The van der Waals surface area contributed by atoms with Crippen molar-refractivity contribution in [3.63, 3.8) is 0 Å². The number of carbonyl (C=O) groups is 1. The summed E-state index contributed by atoms with van der Waals surface area (Å²) in [6, 6.07) is 4.87. The van der Waals surface area contributed by atoms with Gasteiger partial charge in [0, 0.05) is 22.9 Å². The number of hydrogen-bond donors (Lipinski definition) is 2. The summed E-state index contributed by atoms with van der Waals surface area (Å²) in [5, 5.41) is 23.5. The molecule has 1 aliphatic carbocycles. The Morgan fingerprint density at radius 1 is 1.38 bits per heavy atom. The van der Waals surface area contributed by atoms with E-state index in [4.69, 9.17) is 0 Å². The Hall–Kier alpha value is -2.11. The topological polar surface area (TPSA) is 92.5 Å². The zero-order valence-corrected chi connectivity index (χ0v) is 12.1. The SMILES string of the molecule is Cc1c(NC2(CC(=O)O)CCCCC2)cccc1[N+](=O)[O-]. The molecule has 0 heterocycles. The highest BCUT2D eigenvalue weighted by Crippen LogP contribution is 2.36. The number of benzene rings is 1. The molecule has 21 heavy (non-hydrogen) atoms.